The van der Waals surface area contributed by atoms with Gasteiger partial charge >= 0.3 is 0 Å². The van der Waals surface area contributed by atoms with Crippen LogP contribution >= 0.6 is 0 Å². The largest absolute Gasteiger partial charge is 0.491 e. The minimum Gasteiger partial charge on any atom is -0.491 e. The van der Waals surface area contributed by atoms with Crippen molar-refractivity contribution in [3.8, 4) is 11.6 Å². The number of piperidine rings is 1. The van der Waals surface area contributed by atoms with Crippen molar-refractivity contribution >= 4 is 25.7 Å². The third-order valence-electron chi connectivity index (χ3n) is 8.19. The Morgan fingerprint density at radius 1 is 1.16 bits per heavy atom. The third-order valence-corrected chi connectivity index (χ3v) is 11.5. The Morgan fingerprint density at radius 3 is 2.70 bits per heavy atom. The fourth-order valence-electron chi connectivity index (χ4n) is 5.79. The molecule has 2 atom stereocenters. The van der Waals surface area contributed by atoms with Gasteiger partial charge < -0.3 is 29.5 Å². The van der Waals surface area contributed by atoms with E-state index < -0.39 is 31.8 Å². The molecule has 3 aliphatic heterocycles. The number of nitrogens with zero attached hydrogens (tertiary/aromatic N) is 3. The first-order valence-electron chi connectivity index (χ1n) is 14.6. The summed E-state index contributed by atoms with van der Waals surface area (Å²) < 4.78 is 72.3. The van der Waals surface area contributed by atoms with E-state index in [-0.39, 0.29) is 29.0 Å². The number of nitrogens with one attached hydrogen (secondary N) is 2. The van der Waals surface area contributed by atoms with Crippen LogP contribution in [0.5, 0.6) is 11.6 Å². The maximum absolute atomic E-state index is 13.5. The summed E-state index contributed by atoms with van der Waals surface area (Å²) in [6.07, 6.45) is 3.36. The lowest BCUT2D eigenvalue weighted by molar-refractivity contribution is -0.0312. The van der Waals surface area contributed by atoms with Crippen LogP contribution in [0.1, 0.15) is 32.6 Å². The quantitative estimate of drug-likeness (QED) is 0.303. The molecule has 1 spiro atoms. The van der Waals surface area contributed by atoms with E-state index in [4.69, 9.17) is 14.2 Å². The van der Waals surface area contributed by atoms with Crippen LogP contribution in [0.4, 0.5) is 5.69 Å². The van der Waals surface area contributed by atoms with Gasteiger partial charge in [-0.15, -0.1) is 0 Å². The first-order valence-corrected chi connectivity index (χ1v) is 17.6. The molecular formula is C28H41N5O8S2. The van der Waals surface area contributed by atoms with Crippen LogP contribution in [-0.2, 0) is 24.8 Å². The molecule has 0 saturated carbocycles. The SMILES string of the molecule is CCCN1CCOc2ncc(S(=O)(=O)N3CCC4(CC3)CC(NCC(O)COc3cccc(S(=O)(=O)NC)c3)CO4)cc21. The van der Waals surface area contributed by atoms with Crippen LogP contribution in [-0.4, -0.2) is 109 Å². The van der Waals surface area contributed by atoms with Crippen LogP contribution in [0.25, 0.3) is 0 Å². The highest BCUT2D eigenvalue weighted by molar-refractivity contribution is 7.89. The van der Waals surface area contributed by atoms with E-state index in [2.05, 4.69) is 26.8 Å². The van der Waals surface area contributed by atoms with Gasteiger partial charge in [-0.25, -0.2) is 26.5 Å². The molecule has 0 radical (unpaired) electrons. The average molecular weight is 640 g/mol. The number of hydrogen-bond acceptors (Lipinski definition) is 11. The molecule has 2 aromatic rings. The Kier molecular flexibility index (Phi) is 9.80. The van der Waals surface area contributed by atoms with Crippen molar-refractivity contribution in [1.29, 1.82) is 0 Å². The van der Waals surface area contributed by atoms with Crippen molar-refractivity contribution in [3.05, 3.63) is 36.5 Å². The molecule has 15 heteroatoms. The van der Waals surface area contributed by atoms with Gasteiger partial charge in [0.1, 0.15) is 35.7 Å². The van der Waals surface area contributed by atoms with Gasteiger partial charge in [-0.05, 0) is 50.9 Å². The van der Waals surface area contributed by atoms with Crippen molar-refractivity contribution in [2.75, 3.05) is 64.5 Å². The van der Waals surface area contributed by atoms with E-state index in [1.165, 1.54) is 29.7 Å². The summed E-state index contributed by atoms with van der Waals surface area (Å²) in [7, 11) is -5.98. The summed E-state index contributed by atoms with van der Waals surface area (Å²) in [6, 6.07) is 7.78. The Balaban J connectivity index is 1.10. The van der Waals surface area contributed by atoms with Crippen molar-refractivity contribution in [2.24, 2.45) is 0 Å². The van der Waals surface area contributed by atoms with Crippen molar-refractivity contribution in [1.82, 2.24) is 19.3 Å². The number of aliphatic hydroxyl groups is 1. The maximum Gasteiger partial charge on any atom is 0.244 e. The second-order valence-electron chi connectivity index (χ2n) is 11.2. The van der Waals surface area contributed by atoms with E-state index in [0.29, 0.717) is 63.7 Å². The maximum atomic E-state index is 13.5. The van der Waals surface area contributed by atoms with Gasteiger partial charge in [0.05, 0.1) is 29.8 Å². The van der Waals surface area contributed by atoms with Gasteiger partial charge in [0.15, 0.2) is 0 Å². The number of hydrogen-bond donors (Lipinski definition) is 3. The molecule has 5 rings (SSSR count). The Hall–Kier alpha value is -2.53. The number of fused-ring (bicyclic) bond motifs is 1. The van der Waals surface area contributed by atoms with Crippen molar-refractivity contribution in [3.63, 3.8) is 0 Å². The normalized spacial score (nSPS) is 21.4. The molecule has 3 N–H and O–H groups in total. The predicted octanol–water partition coefficient (Wildman–Crippen LogP) is 0.940. The molecule has 0 aliphatic carbocycles. The first kappa shape index (κ1) is 31.9. The molecule has 43 heavy (non-hydrogen) atoms. The van der Waals surface area contributed by atoms with Crippen molar-refractivity contribution in [2.45, 2.75) is 60.1 Å². The molecular weight excluding hydrogens is 598 g/mol. The van der Waals surface area contributed by atoms with Crippen molar-refractivity contribution < 1.29 is 36.2 Å². The van der Waals surface area contributed by atoms with E-state index in [0.717, 1.165) is 18.7 Å². The lowest BCUT2D eigenvalue weighted by atomic mass is 9.88. The minimum absolute atomic E-state index is 0.0105. The predicted molar refractivity (Wildman–Crippen MR) is 160 cm³/mol. The summed E-state index contributed by atoms with van der Waals surface area (Å²) in [5.41, 5.74) is 0.308. The van der Waals surface area contributed by atoms with Crippen LogP contribution in [0.3, 0.4) is 0 Å². The Morgan fingerprint density at radius 2 is 1.95 bits per heavy atom. The Labute approximate surface area is 253 Å². The number of ether oxygens (including phenoxy) is 3. The minimum atomic E-state index is -3.72. The van der Waals surface area contributed by atoms with Gasteiger partial charge in [-0.3, -0.25) is 0 Å². The molecule has 1 aromatic heterocycles. The highest BCUT2D eigenvalue weighted by Gasteiger charge is 2.45. The monoisotopic (exact) mass is 639 g/mol. The van der Waals surface area contributed by atoms with Crippen LogP contribution < -0.4 is 24.4 Å². The molecule has 2 fully saturated rings. The second kappa shape index (κ2) is 13.2. The molecule has 13 nitrogen and oxygen atoms in total. The van der Waals surface area contributed by atoms with Crippen LogP contribution in [0, 0.1) is 0 Å². The van der Waals surface area contributed by atoms with Gasteiger partial charge in [-0.2, -0.15) is 4.31 Å². The van der Waals surface area contributed by atoms with Crippen LogP contribution in [0.15, 0.2) is 46.3 Å². The number of aromatic nitrogens is 1. The lowest BCUT2D eigenvalue weighted by Gasteiger charge is -2.38. The van der Waals surface area contributed by atoms with E-state index in [9.17, 15) is 21.9 Å². The fourth-order valence-corrected chi connectivity index (χ4v) is 7.96. The lowest BCUT2D eigenvalue weighted by Crippen LogP contribution is -2.47. The number of rotatable bonds is 12. The molecule has 0 amide bonds. The number of pyridine rings is 1. The van der Waals surface area contributed by atoms with Gasteiger partial charge in [-0.1, -0.05) is 13.0 Å². The van der Waals surface area contributed by atoms with Crippen LogP contribution in [0.2, 0.25) is 0 Å². The third kappa shape index (κ3) is 7.24. The summed E-state index contributed by atoms with van der Waals surface area (Å²) >= 11 is 0. The molecule has 0 bridgehead atoms. The number of anilines is 1. The molecule has 3 aliphatic rings. The standard InChI is InChI=1S/C28H41N5O8S2/c1-3-9-32-12-13-39-27-26(32)15-25(18-31-27)43(37,38)33-10-7-28(8-11-33)16-21(19-41-28)30-17-22(34)20-40-23-5-4-6-24(14-23)42(35,36)29-2/h4-6,14-15,18,21-22,29-30,34H,3,7-13,16-17,19-20H2,1-2H3. The summed E-state index contributed by atoms with van der Waals surface area (Å²) in [6.45, 7) is 5.53. The molecule has 2 saturated heterocycles. The number of sulfonamides is 2. The second-order valence-corrected chi connectivity index (χ2v) is 15.0. The molecule has 1 aromatic carbocycles. The van der Waals surface area contributed by atoms with E-state index in [1.54, 1.807) is 18.2 Å². The molecule has 238 valence electrons. The smallest absolute Gasteiger partial charge is 0.244 e. The zero-order valence-electron chi connectivity index (χ0n) is 24.6. The van der Waals surface area contributed by atoms with Gasteiger partial charge in [0, 0.05) is 38.3 Å². The summed E-state index contributed by atoms with van der Waals surface area (Å²) in [4.78, 5) is 6.69. The van der Waals surface area contributed by atoms with Gasteiger partial charge in [0.25, 0.3) is 0 Å². The fraction of sp³-hybridized carbons (Fsp3) is 0.607. The summed E-state index contributed by atoms with van der Waals surface area (Å²) in [5, 5.41) is 13.8. The molecule has 4 heterocycles. The van der Waals surface area contributed by atoms with Gasteiger partial charge in [0.2, 0.25) is 25.9 Å². The highest BCUT2D eigenvalue weighted by atomic mass is 32.2. The zero-order valence-corrected chi connectivity index (χ0v) is 26.2. The highest BCUT2D eigenvalue weighted by Crippen LogP contribution is 2.38. The number of benzene rings is 1. The zero-order chi connectivity index (χ0) is 30.7. The number of aliphatic hydroxyl groups excluding tert-OH is 1. The van der Waals surface area contributed by atoms with E-state index >= 15 is 0 Å². The Bertz CT molecular complexity index is 1480. The first-order chi connectivity index (χ1) is 20.5. The summed E-state index contributed by atoms with van der Waals surface area (Å²) in [5.74, 6) is 0.818. The average Bonchev–Trinajstić information content (AvgIpc) is 3.41. The van der Waals surface area contributed by atoms with E-state index in [1.807, 2.05) is 0 Å². The topological polar surface area (TPSA) is 160 Å². The molecule has 2 unspecified atom stereocenters.